The van der Waals surface area contributed by atoms with E-state index >= 15 is 0 Å². The highest BCUT2D eigenvalue weighted by molar-refractivity contribution is 7.91. The Morgan fingerprint density at radius 1 is 1.00 bits per heavy atom. The smallest absolute Gasteiger partial charge is 0.256 e. The molecule has 0 spiro atoms. The topological polar surface area (TPSA) is 90.9 Å². The van der Waals surface area contributed by atoms with E-state index in [2.05, 4.69) is 5.32 Å². The van der Waals surface area contributed by atoms with Crippen molar-refractivity contribution in [2.45, 2.75) is 11.8 Å². The first kappa shape index (κ1) is 19.6. The van der Waals surface area contributed by atoms with Crippen molar-refractivity contribution in [3.8, 4) is 17.2 Å². The number of hydrogen-bond acceptors (Lipinski definition) is 6. The van der Waals surface area contributed by atoms with E-state index in [1.54, 1.807) is 24.3 Å². The maximum Gasteiger partial charge on any atom is 0.256 e. The molecule has 0 aliphatic heterocycles. The molecule has 140 valence electrons. The Hall–Kier alpha value is -2.74. The Morgan fingerprint density at radius 2 is 1.58 bits per heavy atom. The number of rotatable bonds is 7. The Bertz CT molecular complexity index is 883. The Kier molecular flexibility index (Phi) is 6.10. The average molecular weight is 379 g/mol. The molecule has 0 bridgehead atoms. The van der Waals surface area contributed by atoms with Gasteiger partial charge in [-0.1, -0.05) is 19.1 Å². The van der Waals surface area contributed by atoms with Crippen LogP contribution in [-0.4, -0.2) is 41.4 Å². The number of sulfone groups is 1. The number of carbonyl (C=O) groups excluding carboxylic acids is 1. The second-order valence-corrected chi connectivity index (χ2v) is 7.51. The lowest BCUT2D eigenvalue weighted by Gasteiger charge is -2.15. The quantitative estimate of drug-likeness (QED) is 0.795. The van der Waals surface area contributed by atoms with E-state index in [0.717, 1.165) is 0 Å². The molecule has 26 heavy (non-hydrogen) atoms. The van der Waals surface area contributed by atoms with E-state index in [1.165, 1.54) is 40.4 Å². The first-order chi connectivity index (χ1) is 12.4. The van der Waals surface area contributed by atoms with E-state index in [1.807, 2.05) is 0 Å². The lowest BCUT2D eigenvalue weighted by molar-refractivity contribution is 0.102. The van der Waals surface area contributed by atoms with Gasteiger partial charge in [-0.2, -0.15) is 0 Å². The molecular formula is C18H21NO6S. The molecule has 0 aromatic heterocycles. The number of anilines is 1. The van der Waals surface area contributed by atoms with E-state index in [4.69, 9.17) is 14.2 Å². The zero-order valence-corrected chi connectivity index (χ0v) is 15.8. The molecule has 2 rings (SSSR count). The van der Waals surface area contributed by atoms with Gasteiger partial charge >= 0.3 is 0 Å². The third-order valence-electron chi connectivity index (χ3n) is 3.77. The molecule has 0 aliphatic carbocycles. The molecule has 0 radical (unpaired) electrons. The van der Waals surface area contributed by atoms with Gasteiger partial charge in [-0.15, -0.1) is 0 Å². The predicted molar refractivity (Wildman–Crippen MR) is 98.2 cm³/mol. The Morgan fingerprint density at radius 3 is 2.08 bits per heavy atom. The van der Waals surface area contributed by atoms with Gasteiger partial charge in [0.25, 0.3) is 5.91 Å². The second-order valence-electron chi connectivity index (χ2n) is 5.27. The first-order valence-electron chi connectivity index (χ1n) is 7.81. The van der Waals surface area contributed by atoms with Crippen molar-refractivity contribution in [2.75, 3.05) is 32.4 Å². The molecule has 0 saturated carbocycles. The minimum absolute atomic E-state index is 0.00700. The predicted octanol–water partition coefficient (Wildman–Crippen LogP) is 2.76. The summed E-state index contributed by atoms with van der Waals surface area (Å²) in [6.45, 7) is 1.53. The van der Waals surface area contributed by atoms with Crippen LogP contribution in [0.1, 0.15) is 17.3 Å². The van der Waals surface area contributed by atoms with Gasteiger partial charge in [0.15, 0.2) is 21.3 Å². The van der Waals surface area contributed by atoms with Gasteiger partial charge in [-0.3, -0.25) is 4.79 Å². The summed E-state index contributed by atoms with van der Waals surface area (Å²) in [5, 5.41) is 2.68. The molecule has 2 aromatic carbocycles. The highest BCUT2D eigenvalue weighted by Gasteiger charge is 2.21. The third-order valence-corrected chi connectivity index (χ3v) is 5.56. The first-order valence-corrected chi connectivity index (χ1v) is 9.46. The van der Waals surface area contributed by atoms with Crippen molar-refractivity contribution in [3.63, 3.8) is 0 Å². The van der Waals surface area contributed by atoms with Crippen molar-refractivity contribution in [1.29, 1.82) is 0 Å². The maximum atomic E-state index is 12.7. The fourth-order valence-electron chi connectivity index (χ4n) is 2.43. The van der Waals surface area contributed by atoms with Crippen molar-refractivity contribution in [3.05, 3.63) is 42.0 Å². The standard InChI is InChI=1S/C18H21NO6S/c1-5-26(21,22)16-9-7-6-8-13(16)18(20)19-12-10-14(23-2)17(25-4)15(11-12)24-3/h6-11H,5H2,1-4H3,(H,19,20). The van der Waals surface area contributed by atoms with Crippen LogP contribution in [0, 0.1) is 0 Å². The fourth-order valence-corrected chi connectivity index (χ4v) is 3.53. The fraction of sp³-hybridized carbons (Fsp3) is 0.278. The lowest BCUT2D eigenvalue weighted by atomic mass is 10.2. The van der Waals surface area contributed by atoms with Crippen LogP contribution in [0.2, 0.25) is 0 Å². The SMILES string of the molecule is CCS(=O)(=O)c1ccccc1C(=O)Nc1cc(OC)c(OC)c(OC)c1. The molecule has 0 unspecified atom stereocenters. The molecule has 0 fully saturated rings. The number of hydrogen-bond donors (Lipinski definition) is 1. The number of methoxy groups -OCH3 is 3. The van der Waals surface area contributed by atoms with E-state index in [0.29, 0.717) is 22.9 Å². The number of amides is 1. The van der Waals surface area contributed by atoms with Crippen LogP contribution in [0.3, 0.4) is 0 Å². The van der Waals surface area contributed by atoms with Crippen molar-refractivity contribution >= 4 is 21.4 Å². The normalized spacial score (nSPS) is 10.9. The summed E-state index contributed by atoms with van der Waals surface area (Å²) < 4.78 is 40.2. The zero-order chi connectivity index (χ0) is 19.3. The Labute approximate surface area is 152 Å². The van der Waals surface area contributed by atoms with Crippen molar-refractivity contribution in [1.82, 2.24) is 0 Å². The van der Waals surface area contributed by atoms with Crippen LogP contribution in [-0.2, 0) is 9.84 Å². The van der Waals surface area contributed by atoms with Crippen LogP contribution < -0.4 is 19.5 Å². The molecule has 0 atom stereocenters. The van der Waals surface area contributed by atoms with Crippen LogP contribution in [0.25, 0.3) is 0 Å². The molecule has 7 nitrogen and oxygen atoms in total. The molecule has 1 N–H and O–H groups in total. The molecular weight excluding hydrogens is 358 g/mol. The zero-order valence-electron chi connectivity index (χ0n) is 15.0. The Balaban J connectivity index is 2.43. The minimum atomic E-state index is -3.53. The lowest BCUT2D eigenvalue weighted by Crippen LogP contribution is -2.17. The molecule has 0 aliphatic rings. The van der Waals surface area contributed by atoms with Crippen molar-refractivity contribution < 1.29 is 27.4 Å². The second kappa shape index (κ2) is 8.09. The monoisotopic (exact) mass is 379 g/mol. The largest absolute Gasteiger partial charge is 0.493 e. The van der Waals surface area contributed by atoms with Gasteiger partial charge in [0, 0.05) is 17.8 Å². The summed E-state index contributed by atoms with van der Waals surface area (Å²) in [6.07, 6.45) is 0. The van der Waals surface area contributed by atoms with E-state index in [-0.39, 0.29) is 16.2 Å². The molecule has 0 heterocycles. The van der Waals surface area contributed by atoms with Gasteiger partial charge in [-0.25, -0.2) is 8.42 Å². The number of ether oxygens (including phenoxy) is 3. The van der Waals surface area contributed by atoms with Crippen molar-refractivity contribution in [2.24, 2.45) is 0 Å². The van der Waals surface area contributed by atoms with Gasteiger partial charge in [0.05, 0.1) is 37.5 Å². The van der Waals surface area contributed by atoms with Gasteiger partial charge in [-0.05, 0) is 12.1 Å². The van der Waals surface area contributed by atoms with Gasteiger partial charge in [0.1, 0.15) is 0 Å². The van der Waals surface area contributed by atoms with E-state index < -0.39 is 15.7 Å². The molecule has 0 saturated heterocycles. The molecule has 1 amide bonds. The number of carbonyl (C=O) groups is 1. The molecule has 8 heteroatoms. The number of benzene rings is 2. The average Bonchev–Trinajstić information content (AvgIpc) is 2.66. The van der Waals surface area contributed by atoms with Crippen LogP contribution >= 0.6 is 0 Å². The van der Waals surface area contributed by atoms with Gasteiger partial charge < -0.3 is 19.5 Å². The summed E-state index contributed by atoms with van der Waals surface area (Å²) in [6, 6.07) is 9.21. The van der Waals surface area contributed by atoms with Crippen LogP contribution in [0.5, 0.6) is 17.2 Å². The summed E-state index contributed by atoms with van der Waals surface area (Å²) in [4.78, 5) is 12.7. The summed E-state index contributed by atoms with van der Waals surface area (Å²) in [5.74, 6) is 0.490. The summed E-state index contributed by atoms with van der Waals surface area (Å²) in [5.41, 5.74) is 0.455. The highest BCUT2D eigenvalue weighted by atomic mass is 32.2. The summed E-state index contributed by atoms with van der Waals surface area (Å²) in [7, 11) is 0.873. The highest BCUT2D eigenvalue weighted by Crippen LogP contribution is 2.40. The van der Waals surface area contributed by atoms with Gasteiger partial charge in [0.2, 0.25) is 5.75 Å². The molecule has 2 aromatic rings. The van der Waals surface area contributed by atoms with Crippen LogP contribution in [0.4, 0.5) is 5.69 Å². The number of nitrogens with one attached hydrogen (secondary N) is 1. The van der Waals surface area contributed by atoms with E-state index in [9.17, 15) is 13.2 Å². The maximum absolute atomic E-state index is 12.7. The summed E-state index contributed by atoms with van der Waals surface area (Å²) >= 11 is 0. The third kappa shape index (κ3) is 3.91. The van der Waals surface area contributed by atoms with Crippen LogP contribution in [0.15, 0.2) is 41.3 Å². The minimum Gasteiger partial charge on any atom is -0.493 e.